The summed E-state index contributed by atoms with van der Waals surface area (Å²) >= 11 is 0. The Bertz CT molecular complexity index is 94.4. The van der Waals surface area contributed by atoms with Crippen LogP contribution in [0.1, 0.15) is 0 Å². The summed E-state index contributed by atoms with van der Waals surface area (Å²) < 4.78 is 1.14. The molecule has 1 aliphatic rings. The molecular weight excluding hydrogens is 86.1 g/mol. The van der Waals surface area contributed by atoms with E-state index in [-0.39, 0.29) is 0 Å². The Hall–Kier alpha value is -0.300. The molecule has 0 spiro atoms. The van der Waals surface area contributed by atoms with Gasteiger partial charge in [0.1, 0.15) is 6.54 Å². The van der Waals surface area contributed by atoms with Gasteiger partial charge in [-0.25, -0.2) is 0 Å². The smallest absolute Gasteiger partial charge is 0.157 e. The normalized spacial score (nSPS) is 34.9. The number of rotatable bonds is 1. The highest BCUT2D eigenvalue weighted by Crippen LogP contribution is 2.24. The van der Waals surface area contributed by atoms with Crippen LogP contribution in [0.2, 0.25) is 0 Å². The molecule has 40 valence electrons. The first-order valence-corrected chi connectivity index (χ1v) is 2.62. The fraction of sp³-hybridized carbons (Fsp3) is 0.667. The number of quaternary nitrogens is 1. The molecule has 0 aromatic rings. The molecule has 0 radical (unpaired) electrons. The lowest BCUT2D eigenvalue weighted by molar-refractivity contribution is -0.764. The molecule has 1 rings (SSSR count). The fourth-order valence-electron chi connectivity index (χ4n) is 0.795. The zero-order valence-electron chi connectivity index (χ0n) is 5.02. The van der Waals surface area contributed by atoms with Crippen molar-refractivity contribution in [2.24, 2.45) is 0 Å². The molecule has 1 unspecified atom stereocenters. The fourth-order valence-corrected chi connectivity index (χ4v) is 0.795. The molecule has 1 heteroatoms. The molecule has 0 aliphatic carbocycles. The average molecular weight is 98.2 g/mol. The first-order chi connectivity index (χ1) is 3.17. The molecule has 1 atom stereocenters. The Labute approximate surface area is 44.8 Å². The van der Waals surface area contributed by atoms with Crippen molar-refractivity contribution < 1.29 is 4.48 Å². The largest absolute Gasteiger partial charge is 0.313 e. The van der Waals surface area contributed by atoms with Gasteiger partial charge < -0.3 is 4.48 Å². The standard InChI is InChI=1S/C6H12N/c1-4-6-5-7(6,2)3/h4,6H,1,5H2,2-3H3/q+1. The molecule has 1 aliphatic heterocycles. The van der Waals surface area contributed by atoms with Gasteiger partial charge in [-0.3, -0.25) is 0 Å². The lowest BCUT2D eigenvalue weighted by Gasteiger charge is -2.00. The Balaban J connectivity index is 2.44. The van der Waals surface area contributed by atoms with Crippen molar-refractivity contribution in [3.63, 3.8) is 0 Å². The van der Waals surface area contributed by atoms with Crippen LogP contribution in [0.25, 0.3) is 0 Å². The first kappa shape index (κ1) is 4.85. The van der Waals surface area contributed by atoms with Crippen LogP contribution in [-0.4, -0.2) is 31.2 Å². The Kier molecular flexibility index (Phi) is 0.762. The van der Waals surface area contributed by atoms with Gasteiger partial charge in [-0.2, -0.15) is 0 Å². The van der Waals surface area contributed by atoms with Crippen LogP contribution in [0, 0.1) is 0 Å². The zero-order chi connectivity index (χ0) is 5.49. The van der Waals surface area contributed by atoms with E-state index in [0.717, 1.165) is 10.5 Å². The quantitative estimate of drug-likeness (QED) is 0.256. The molecule has 1 heterocycles. The molecule has 0 amide bonds. The lowest BCUT2D eigenvalue weighted by Crippen LogP contribution is -2.14. The topological polar surface area (TPSA) is 0 Å². The summed E-state index contributed by atoms with van der Waals surface area (Å²) in [5.74, 6) is 0. The second-order valence-electron chi connectivity index (χ2n) is 2.76. The minimum absolute atomic E-state index is 0.750. The Morgan fingerprint density at radius 2 is 2.14 bits per heavy atom. The summed E-state index contributed by atoms with van der Waals surface area (Å²) in [7, 11) is 4.43. The van der Waals surface area contributed by atoms with Crippen LogP contribution >= 0.6 is 0 Å². The summed E-state index contributed by atoms with van der Waals surface area (Å²) in [4.78, 5) is 0. The minimum Gasteiger partial charge on any atom is -0.313 e. The summed E-state index contributed by atoms with van der Waals surface area (Å²) in [5.41, 5.74) is 0. The minimum atomic E-state index is 0.750. The van der Waals surface area contributed by atoms with Crippen molar-refractivity contribution in [3.05, 3.63) is 12.7 Å². The van der Waals surface area contributed by atoms with E-state index in [1.807, 2.05) is 6.08 Å². The second-order valence-corrected chi connectivity index (χ2v) is 2.76. The summed E-state index contributed by atoms with van der Waals surface area (Å²) in [6.45, 7) is 4.98. The first-order valence-electron chi connectivity index (χ1n) is 2.62. The van der Waals surface area contributed by atoms with E-state index in [4.69, 9.17) is 0 Å². The van der Waals surface area contributed by atoms with Crippen LogP contribution in [0.3, 0.4) is 0 Å². The Morgan fingerprint density at radius 1 is 1.71 bits per heavy atom. The van der Waals surface area contributed by atoms with Crippen molar-refractivity contribution in [1.82, 2.24) is 0 Å². The maximum atomic E-state index is 3.70. The lowest BCUT2D eigenvalue weighted by atomic mass is 10.5. The highest BCUT2D eigenvalue weighted by molar-refractivity contribution is 4.88. The van der Waals surface area contributed by atoms with Crippen LogP contribution in [0.15, 0.2) is 12.7 Å². The molecule has 0 aromatic carbocycles. The predicted octanol–water partition coefficient (Wildman–Crippen LogP) is 0.631. The van der Waals surface area contributed by atoms with E-state index in [0.29, 0.717) is 0 Å². The summed E-state index contributed by atoms with van der Waals surface area (Å²) in [5, 5.41) is 0. The SMILES string of the molecule is C=CC1C[N+]1(C)C. The van der Waals surface area contributed by atoms with Gasteiger partial charge in [0.2, 0.25) is 0 Å². The van der Waals surface area contributed by atoms with Crippen molar-refractivity contribution >= 4 is 0 Å². The van der Waals surface area contributed by atoms with Crippen LogP contribution < -0.4 is 0 Å². The van der Waals surface area contributed by atoms with Crippen LogP contribution in [-0.2, 0) is 0 Å². The van der Waals surface area contributed by atoms with Gasteiger partial charge in [-0.1, -0.05) is 6.58 Å². The van der Waals surface area contributed by atoms with Gasteiger partial charge in [0, 0.05) is 0 Å². The van der Waals surface area contributed by atoms with Gasteiger partial charge in [-0.05, 0) is 6.08 Å². The third-order valence-electron chi connectivity index (χ3n) is 1.69. The van der Waals surface area contributed by atoms with E-state index in [2.05, 4.69) is 20.7 Å². The molecule has 1 fully saturated rings. The monoisotopic (exact) mass is 98.1 g/mol. The van der Waals surface area contributed by atoms with Gasteiger partial charge in [0.05, 0.1) is 14.1 Å². The molecule has 0 N–H and O–H groups in total. The molecule has 0 saturated carbocycles. The zero-order valence-corrected chi connectivity index (χ0v) is 5.02. The second kappa shape index (κ2) is 1.10. The van der Waals surface area contributed by atoms with Crippen molar-refractivity contribution in [2.75, 3.05) is 20.6 Å². The number of nitrogens with zero attached hydrogens (tertiary/aromatic N) is 1. The van der Waals surface area contributed by atoms with Gasteiger partial charge in [0.15, 0.2) is 6.04 Å². The summed E-state index contributed by atoms with van der Waals surface area (Å²) in [6, 6.07) is 0.750. The highest BCUT2D eigenvalue weighted by Gasteiger charge is 2.44. The Morgan fingerprint density at radius 3 is 2.14 bits per heavy atom. The van der Waals surface area contributed by atoms with Crippen molar-refractivity contribution in [2.45, 2.75) is 6.04 Å². The molecule has 1 nitrogen and oxygen atoms in total. The third-order valence-corrected chi connectivity index (χ3v) is 1.69. The van der Waals surface area contributed by atoms with Gasteiger partial charge in [-0.15, -0.1) is 0 Å². The van der Waals surface area contributed by atoms with E-state index in [9.17, 15) is 0 Å². The van der Waals surface area contributed by atoms with Gasteiger partial charge in [0.25, 0.3) is 0 Å². The maximum Gasteiger partial charge on any atom is 0.157 e. The van der Waals surface area contributed by atoms with Crippen LogP contribution in [0.4, 0.5) is 0 Å². The predicted molar refractivity (Wildman–Crippen MR) is 31.0 cm³/mol. The van der Waals surface area contributed by atoms with Crippen molar-refractivity contribution in [3.8, 4) is 0 Å². The molecule has 0 bridgehead atoms. The molecule has 0 aromatic heterocycles. The molecule has 1 saturated heterocycles. The maximum absolute atomic E-state index is 3.70. The third kappa shape index (κ3) is 0.682. The summed E-state index contributed by atoms with van der Waals surface area (Å²) in [6.07, 6.45) is 2.03. The van der Waals surface area contributed by atoms with Gasteiger partial charge >= 0.3 is 0 Å². The average Bonchev–Trinajstić information content (AvgIpc) is 2.13. The van der Waals surface area contributed by atoms with E-state index in [1.54, 1.807) is 0 Å². The van der Waals surface area contributed by atoms with Crippen LogP contribution in [0.5, 0.6) is 0 Å². The van der Waals surface area contributed by atoms with E-state index >= 15 is 0 Å². The van der Waals surface area contributed by atoms with E-state index < -0.39 is 0 Å². The highest BCUT2D eigenvalue weighted by atomic mass is 15.5. The number of hydrogen-bond acceptors (Lipinski definition) is 0. The van der Waals surface area contributed by atoms with Crippen molar-refractivity contribution in [1.29, 1.82) is 0 Å². The number of likely N-dealkylation sites (N-methyl/N-ethyl adjacent to an activating group) is 1. The van der Waals surface area contributed by atoms with E-state index in [1.165, 1.54) is 6.54 Å². The molecule has 7 heavy (non-hydrogen) atoms. The molecular formula is C6H12N+. The number of hydrogen-bond donors (Lipinski definition) is 0.